The summed E-state index contributed by atoms with van der Waals surface area (Å²) in [6.07, 6.45) is 1.86. The molecule has 3 nitrogen and oxygen atoms in total. The largest absolute Gasteiger partial charge is 0.364 e. The minimum Gasteiger partial charge on any atom is -0.364 e. The molecule has 116 valence electrons. The number of ether oxygens (including phenoxy) is 1. The first-order valence-electron chi connectivity index (χ1n) is 6.82. The lowest BCUT2D eigenvalue weighted by atomic mass is 10.1. The van der Waals surface area contributed by atoms with Crippen LogP contribution in [-0.2, 0) is 11.5 Å². The Bertz CT molecular complexity index is 795. The number of benzene rings is 1. The van der Waals surface area contributed by atoms with Crippen LogP contribution in [0.5, 0.6) is 0 Å². The second kappa shape index (κ2) is 6.69. The highest BCUT2D eigenvalue weighted by Crippen LogP contribution is 2.32. The Morgan fingerprint density at radius 3 is 2.45 bits per heavy atom. The molecule has 0 atom stereocenters. The number of rotatable bonds is 3. The minimum atomic E-state index is 0. The van der Waals surface area contributed by atoms with Gasteiger partial charge < -0.3 is 9.30 Å². The van der Waals surface area contributed by atoms with Gasteiger partial charge in [-0.15, -0.1) is 12.4 Å². The van der Waals surface area contributed by atoms with Gasteiger partial charge in [0.1, 0.15) is 6.73 Å². The van der Waals surface area contributed by atoms with E-state index in [-0.39, 0.29) is 12.4 Å². The number of nitrogens with zero attached hydrogens (tertiary/aromatic N) is 2. The van der Waals surface area contributed by atoms with Crippen LogP contribution >= 0.6 is 24.0 Å². The zero-order valence-corrected chi connectivity index (χ0v) is 14.3. The Morgan fingerprint density at radius 1 is 1.14 bits per heavy atom. The van der Waals surface area contributed by atoms with Crippen molar-refractivity contribution in [3.8, 4) is 11.3 Å². The van der Waals surface area contributed by atoms with Crippen molar-refractivity contribution in [1.29, 1.82) is 0 Å². The van der Waals surface area contributed by atoms with Crippen LogP contribution in [0.1, 0.15) is 11.3 Å². The third-order valence-electron chi connectivity index (χ3n) is 3.92. The molecule has 0 aliphatic carbocycles. The van der Waals surface area contributed by atoms with Crippen LogP contribution in [0.15, 0.2) is 36.5 Å². The number of methoxy groups -OCH3 is 1. The number of aryl methyl sites for hydroxylation is 1. The van der Waals surface area contributed by atoms with Crippen molar-refractivity contribution in [2.24, 2.45) is 0 Å². The quantitative estimate of drug-likeness (QED) is 0.672. The lowest BCUT2D eigenvalue weighted by Gasteiger charge is -2.10. The fourth-order valence-corrected chi connectivity index (χ4v) is 2.83. The summed E-state index contributed by atoms with van der Waals surface area (Å²) in [5, 5.41) is 1.94. The number of fused-ring (bicyclic) bond motifs is 1. The predicted octanol–water partition coefficient (Wildman–Crippen LogP) is 5.00. The van der Waals surface area contributed by atoms with E-state index in [1.165, 1.54) is 16.6 Å². The van der Waals surface area contributed by atoms with Gasteiger partial charge in [0, 0.05) is 35.0 Å². The van der Waals surface area contributed by atoms with Gasteiger partial charge in [-0.25, -0.2) is 0 Å². The number of halogens is 2. The number of hydrogen-bond acceptors (Lipinski definition) is 2. The van der Waals surface area contributed by atoms with E-state index in [2.05, 4.69) is 29.5 Å². The first kappa shape index (κ1) is 16.8. The maximum absolute atomic E-state index is 5.98. The van der Waals surface area contributed by atoms with Crippen LogP contribution in [0.3, 0.4) is 0 Å². The maximum atomic E-state index is 5.98. The second-order valence-electron chi connectivity index (χ2n) is 5.12. The highest BCUT2D eigenvalue weighted by atomic mass is 35.5. The summed E-state index contributed by atoms with van der Waals surface area (Å²) in [5.41, 5.74) is 5.59. The summed E-state index contributed by atoms with van der Waals surface area (Å²) >= 11 is 5.98. The Hall–Kier alpha value is -1.55. The average molecular weight is 337 g/mol. The van der Waals surface area contributed by atoms with Crippen molar-refractivity contribution in [3.63, 3.8) is 0 Å². The summed E-state index contributed by atoms with van der Waals surface area (Å²) in [5.74, 6) is 0. The van der Waals surface area contributed by atoms with Crippen LogP contribution in [0, 0.1) is 13.8 Å². The van der Waals surface area contributed by atoms with Crippen molar-refractivity contribution in [2.45, 2.75) is 20.6 Å². The van der Waals surface area contributed by atoms with Gasteiger partial charge in [0.15, 0.2) is 0 Å². The zero-order valence-electron chi connectivity index (χ0n) is 12.8. The van der Waals surface area contributed by atoms with E-state index >= 15 is 0 Å². The lowest BCUT2D eigenvalue weighted by Crippen LogP contribution is -2.03. The molecule has 0 aliphatic rings. The molecule has 0 spiro atoms. The standard InChI is InChI=1S/C17H17ClN2O.ClH/c1-11-12(2)20(10-21-3)17-15(11)8-9-19-16(17)13-4-6-14(18)7-5-13;/h4-9H,10H2,1-3H3;1H. The normalized spacial score (nSPS) is 10.7. The SMILES string of the molecule is COCn1c(C)c(C)c2ccnc(-c3ccc(Cl)cc3)c21.Cl. The topological polar surface area (TPSA) is 27.1 Å². The first-order chi connectivity index (χ1) is 10.1. The summed E-state index contributed by atoms with van der Waals surface area (Å²) in [4.78, 5) is 4.58. The van der Waals surface area contributed by atoms with E-state index in [9.17, 15) is 0 Å². The van der Waals surface area contributed by atoms with Crippen molar-refractivity contribution in [3.05, 3.63) is 52.8 Å². The van der Waals surface area contributed by atoms with Gasteiger partial charge in [0.05, 0.1) is 11.2 Å². The molecule has 0 radical (unpaired) electrons. The van der Waals surface area contributed by atoms with Crippen LogP contribution < -0.4 is 0 Å². The summed E-state index contributed by atoms with van der Waals surface area (Å²) in [6.45, 7) is 4.76. The fraction of sp³-hybridized carbons (Fsp3) is 0.235. The molecule has 2 aromatic heterocycles. The molecular weight excluding hydrogens is 319 g/mol. The fourth-order valence-electron chi connectivity index (χ4n) is 2.70. The molecule has 2 heterocycles. The Morgan fingerprint density at radius 2 is 1.82 bits per heavy atom. The third kappa shape index (κ3) is 2.72. The highest BCUT2D eigenvalue weighted by molar-refractivity contribution is 6.30. The first-order valence-corrected chi connectivity index (χ1v) is 7.20. The molecule has 0 saturated carbocycles. The molecule has 1 aromatic carbocycles. The molecule has 3 aromatic rings. The van der Waals surface area contributed by atoms with Crippen LogP contribution in [0.4, 0.5) is 0 Å². The monoisotopic (exact) mass is 336 g/mol. The molecule has 0 unspecified atom stereocenters. The van der Waals surface area contributed by atoms with E-state index in [1.54, 1.807) is 7.11 Å². The molecule has 22 heavy (non-hydrogen) atoms. The van der Waals surface area contributed by atoms with E-state index in [1.807, 2.05) is 30.5 Å². The van der Waals surface area contributed by atoms with E-state index < -0.39 is 0 Å². The van der Waals surface area contributed by atoms with E-state index in [0.29, 0.717) is 6.73 Å². The molecule has 0 amide bonds. The molecule has 3 rings (SSSR count). The smallest absolute Gasteiger partial charge is 0.122 e. The third-order valence-corrected chi connectivity index (χ3v) is 4.17. The Balaban J connectivity index is 0.00000176. The highest BCUT2D eigenvalue weighted by Gasteiger charge is 2.15. The molecular formula is C17H18Cl2N2O. The predicted molar refractivity (Wildman–Crippen MR) is 93.9 cm³/mol. The summed E-state index contributed by atoms with van der Waals surface area (Å²) in [7, 11) is 1.71. The zero-order chi connectivity index (χ0) is 15.0. The van der Waals surface area contributed by atoms with E-state index in [4.69, 9.17) is 16.3 Å². The Labute approximate surface area is 141 Å². The van der Waals surface area contributed by atoms with Crippen molar-refractivity contribution < 1.29 is 4.74 Å². The van der Waals surface area contributed by atoms with Gasteiger partial charge in [0.2, 0.25) is 0 Å². The number of hydrogen-bond donors (Lipinski definition) is 0. The Kier molecular flexibility index (Phi) is 5.12. The van der Waals surface area contributed by atoms with Crippen LogP contribution in [-0.4, -0.2) is 16.7 Å². The molecule has 5 heteroatoms. The molecule has 0 aliphatic heterocycles. The number of aromatic nitrogens is 2. The van der Waals surface area contributed by atoms with Gasteiger partial charge in [-0.2, -0.15) is 0 Å². The van der Waals surface area contributed by atoms with Crippen molar-refractivity contribution in [1.82, 2.24) is 9.55 Å². The van der Waals surface area contributed by atoms with Crippen molar-refractivity contribution >= 4 is 34.9 Å². The molecule has 0 saturated heterocycles. The minimum absolute atomic E-state index is 0. The van der Waals surface area contributed by atoms with Crippen molar-refractivity contribution in [2.75, 3.05) is 7.11 Å². The van der Waals surface area contributed by atoms with Gasteiger partial charge >= 0.3 is 0 Å². The van der Waals surface area contributed by atoms with Gasteiger partial charge in [-0.3, -0.25) is 4.98 Å². The van der Waals surface area contributed by atoms with Crippen LogP contribution in [0.2, 0.25) is 5.02 Å². The number of pyridine rings is 1. The maximum Gasteiger partial charge on any atom is 0.122 e. The molecule has 0 N–H and O–H groups in total. The van der Waals surface area contributed by atoms with E-state index in [0.717, 1.165) is 21.8 Å². The van der Waals surface area contributed by atoms with Gasteiger partial charge in [-0.05, 0) is 37.6 Å². The molecule has 0 bridgehead atoms. The second-order valence-corrected chi connectivity index (χ2v) is 5.56. The van der Waals surface area contributed by atoms with Gasteiger partial charge in [0.25, 0.3) is 0 Å². The average Bonchev–Trinajstić information content (AvgIpc) is 2.74. The summed E-state index contributed by atoms with van der Waals surface area (Å²) in [6, 6.07) is 9.84. The molecule has 0 fully saturated rings. The lowest BCUT2D eigenvalue weighted by molar-refractivity contribution is 0.133. The summed E-state index contributed by atoms with van der Waals surface area (Å²) < 4.78 is 7.52. The van der Waals surface area contributed by atoms with Crippen LogP contribution in [0.25, 0.3) is 22.2 Å². The van der Waals surface area contributed by atoms with Gasteiger partial charge in [-0.1, -0.05) is 23.7 Å².